The van der Waals surface area contributed by atoms with Gasteiger partial charge in [0, 0.05) is 44.7 Å². The van der Waals surface area contributed by atoms with Gasteiger partial charge in [0.2, 0.25) is 17.7 Å². The van der Waals surface area contributed by atoms with Crippen LogP contribution in [0.4, 0.5) is 10.2 Å². The Labute approximate surface area is 180 Å². The second-order valence-electron chi connectivity index (χ2n) is 8.06. The zero-order valence-electron chi connectivity index (χ0n) is 17.5. The molecule has 8 nitrogen and oxygen atoms in total. The van der Waals surface area contributed by atoms with Crippen LogP contribution in [0.5, 0.6) is 0 Å². The number of likely N-dealkylation sites (tertiary alicyclic amines) is 2. The summed E-state index contributed by atoms with van der Waals surface area (Å²) < 4.78 is 15.3. The highest BCUT2D eigenvalue weighted by atomic mass is 19.1. The van der Waals surface area contributed by atoms with Crippen LogP contribution in [-0.4, -0.2) is 63.0 Å². The van der Waals surface area contributed by atoms with Gasteiger partial charge in [-0.15, -0.1) is 5.10 Å². The maximum atomic E-state index is 13.9. The molecule has 2 aromatic rings. The van der Waals surface area contributed by atoms with Crippen molar-refractivity contribution < 1.29 is 18.8 Å². The molecule has 2 aliphatic heterocycles. The van der Waals surface area contributed by atoms with E-state index < -0.39 is 5.82 Å². The largest absolute Gasteiger partial charge is 0.341 e. The van der Waals surface area contributed by atoms with Crippen LogP contribution in [0.15, 0.2) is 36.5 Å². The maximum absolute atomic E-state index is 13.9. The smallest absolute Gasteiger partial charge is 0.245 e. The summed E-state index contributed by atoms with van der Waals surface area (Å²) in [5, 5.41) is 7.03. The molecule has 0 unspecified atom stereocenters. The van der Waals surface area contributed by atoms with Gasteiger partial charge < -0.3 is 15.1 Å². The number of carbonyl (C=O) groups is 3. The predicted octanol–water partition coefficient (Wildman–Crippen LogP) is 2.20. The third-order valence-corrected chi connectivity index (χ3v) is 6.06. The number of aromatic nitrogens is 2. The van der Waals surface area contributed by atoms with Crippen LogP contribution in [-0.2, 0) is 14.4 Å². The van der Waals surface area contributed by atoms with E-state index in [-0.39, 0.29) is 29.7 Å². The number of nitrogens with one attached hydrogen (secondary N) is 1. The second kappa shape index (κ2) is 8.87. The van der Waals surface area contributed by atoms with E-state index in [0.29, 0.717) is 50.4 Å². The summed E-state index contributed by atoms with van der Waals surface area (Å²) in [6.07, 6.45) is 4.24. The molecule has 4 rings (SSSR count). The number of para-hydroxylation sites is 1. The Hall–Kier alpha value is -3.23. The van der Waals surface area contributed by atoms with Crippen LogP contribution >= 0.6 is 0 Å². The summed E-state index contributed by atoms with van der Waals surface area (Å²) in [7, 11) is 0. The first-order valence-corrected chi connectivity index (χ1v) is 10.6. The molecule has 3 heterocycles. The molecule has 1 N–H and O–H groups in total. The molecule has 0 radical (unpaired) electrons. The molecule has 2 fully saturated rings. The van der Waals surface area contributed by atoms with E-state index in [1.54, 1.807) is 40.3 Å². The van der Waals surface area contributed by atoms with Crippen molar-refractivity contribution in [3.8, 4) is 5.69 Å². The first-order valence-electron chi connectivity index (χ1n) is 10.6. The summed E-state index contributed by atoms with van der Waals surface area (Å²) in [6, 6.07) is 7.54. The third kappa shape index (κ3) is 4.45. The fourth-order valence-electron chi connectivity index (χ4n) is 4.36. The van der Waals surface area contributed by atoms with Crippen LogP contribution in [0, 0.1) is 11.7 Å². The predicted molar refractivity (Wildman–Crippen MR) is 112 cm³/mol. The van der Waals surface area contributed by atoms with Crippen molar-refractivity contribution >= 4 is 23.5 Å². The van der Waals surface area contributed by atoms with Crippen LogP contribution in [0.2, 0.25) is 0 Å². The van der Waals surface area contributed by atoms with E-state index in [9.17, 15) is 18.8 Å². The Kier molecular flexibility index (Phi) is 6.01. The number of anilines is 1. The van der Waals surface area contributed by atoms with Crippen LogP contribution in [0.1, 0.15) is 32.6 Å². The zero-order chi connectivity index (χ0) is 22.0. The summed E-state index contributed by atoms with van der Waals surface area (Å²) in [5.74, 6) is -0.511. The van der Waals surface area contributed by atoms with Crippen molar-refractivity contribution in [2.24, 2.45) is 5.92 Å². The van der Waals surface area contributed by atoms with E-state index in [4.69, 9.17) is 0 Å². The highest BCUT2D eigenvalue weighted by Crippen LogP contribution is 2.24. The minimum atomic E-state index is -0.397. The van der Waals surface area contributed by atoms with Crippen LogP contribution in [0.3, 0.4) is 0 Å². The number of rotatable bonds is 4. The summed E-state index contributed by atoms with van der Waals surface area (Å²) >= 11 is 0. The first kappa shape index (κ1) is 21.0. The normalized spacial score (nSPS) is 19.5. The topological polar surface area (TPSA) is 87.5 Å². The number of piperidine rings is 1. The quantitative estimate of drug-likeness (QED) is 0.810. The van der Waals surface area contributed by atoms with E-state index in [1.165, 1.54) is 17.7 Å². The van der Waals surface area contributed by atoms with Crippen molar-refractivity contribution in [2.75, 3.05) is 25.0 Å². The molecule has 0 saturated carbocycles. The van der Waals surface area contributed by atoms with Gasteiger partial charge in [-0.2, -0.15) is 0 Å². The van der Waals surface area contributed by atoms with Gasteiger partial charge in [0.25, 0.3) is 0 Å². The van der Waals surface area contributed by atoms with Gasteiger partial charge in [0.1, 0.15) is 17.5 Å². The molecule has 164 valence electrons. The molecular weight excluding hydrogens is 401 g/mol. The Morgan fingerprint density at radius 1 is 1.06 bits per heavy atom. The summed E-state index contributed by atoms with van der Waals surface area (Å²) in [5.41, 5.74) is 0.307. The van der Waals surface area contributed by atoms with Gasteiger partial charge in [0.15, 0.2) is 5.82 Å². The third-order valence-electron chi connectivity index (χ3n) is 6.06. The lowest BCUT2D eigenvalue weighted by Crippen LogP contribution is -2.50. The Morgan fingerprint density at radius 3 is 2.52 bits per heavy atom. The Bertz CT molecular complexity index is 983. The number of nitrogens with zero attached hydrogens (tertiary/aromatic N) is 4. The lowest BCUT2D eigenvalue weighted by atomic mass is 9.95. The second-order valence-corrected chi connectivity index (χ2v) is 8.06. The van der Waals surface area contributed by atoms with Crippen molar-refractivity contribution in [1.82, 2.24) is 19.6 Å². The fraction of sp³-hybridized carbons (Fsp3) is 0.455. The zero-order valence-corrected chi connectivity index (χ0v) is 17.5. The van der Waals surface area contributed by atoms with Gasteiger partial charge in [-0.25, -0.2) is 9.07 Å². The van der Waals surface area contributed by atoms with Gasteiger partial charge in [-0.1, -0.05) is 12.1 Å². The van der Waals surface area contributed by atoms with Gasteiger partial charge in [-0.05, 0) is 37.8 Å². The van der Waals surface area contributed by atoms with Crippen LogP contribution < -0.4 is 5.32 Å². The van der Waals surface area contributed by atoms with Crippen molar-refractivity contribution in [1.29, 1.82) is 0 Å². The highest BCUT2D eigenvalue weighted by Gasteiger charge is 2.37. The minimum absolute atomic E-state index is 0.0183. The lowest BCUT2D eigenvalue weighted by Gasteiger charge is -2.34. The number of amides is 3. The lowest BCUT2D eigenvalue weighted by molar-refractivity contribution is -0.144. The number of hydrogen-bond donors (Lipinski definition) is 1. The molecule has 0 aliphatic carbocycles. The molecule has 31 heavy (non-hydrogen) atoms. The average Bonchev–Trinajstić information content (AvgIpc) is 3.43. The standard InChI is InChI=1S/C22H26FN5O3/c1-15(29)27-11-4-7-19(27)22(31)26-12-8-16(9-13-26)21(30)24-20-10-14-28(25-20)18-6-3-2-5-17(18)23/h2-3,5-6,10,14,16,19H,4,7-9,11-13H2,1H3,(H,24,25,30)/t19-/m1/s1. The van der Waals surface area contributed by atoms with E-state index in [1.807, 2.05) is 0 Å². The molecular formula is C22H26FN5O3. The van der Waals surface area contributed by atoms with E-state index in [0.717, 1.165) is 6.42 Å². The van der Waals surface area contributed by atoms with E-state index >= 15 is 0 Å². The monoisotopic (exact) mass is 427 g/mol. The molecule has 3 amide bonds. The van der Waals surface area contributed by atoms with Gasteiger partial charge in [-0.3, -0.25) is 14.4 Å². The molecule has 1 atom stereocenters. The molecule has 1 aromatic heterocycles. The van der Waals surface area contributed by atoms with Crippen molar-refractivity contribution in [3.05, 3.63) is 42.3 Å². The first-order chi connectivity index (χ1) is 14.9. The molecule has 0 spiro atoms. The molecule has 2 aliphatic rings. The highest BCUT2D eigenvalue weighted by molar-refractivity contribution is 5.92. The van der Waals surface area contributed by atoms with Gasteiger partial charge >= 0.3 is 0 Å². The van der Waals surface area contributed by atoms with Crippen LogP contribution in [0.25, 0.3) is 5.69 Å². The number of hydrogen-bond acceptors (Lipinski definition) is 4. The Balaban J connectivity index is 1.31. The Morgan fingerprint density at radius 2 is 1.81 bits per heavy atom. The summed E-state index contributed by atoms with van der Waals surface area (Å²) in [6.45, 7) is 3.10. The minimum Gasteiger partial charge on any atom is -0.341 e. The number of halogens is 1. The van der Waals surface area contributed by atoms with Crippen molar-refractivity contribution in [2.45, 2.75) is 38.6 Å². The fourth-order valence-corrected chi connectivity index (χ4v) is 4.36. The van der Waals surface area contributed by atoms with Gasteiger partial charge in [0.05, 0.1) is 0 Å². The molecule has 0 bridgehead atoms. The molecule has 9 heteroatoms. The SMILES string of the molecule is CC(=O)N1CCC[C@@H]1C(=O)N1CCC(C(=O)Nc2ccn(-c3ccccc3F)n2)CC1. The number of carbonyl (C=O) groups excluding carboxylic acids is 3. The molecule has 1 aromatic carbocycles. The average molecular weight is 427 g/mol. The number of benzene rings is 1. The van der Waals surface area contributed by atoms with Crippen molar-refractivity contribution in [3.63, 3.8) is 0 Å². The van der Waals surface area contributed by atoms with E-state index in [2.05, 4.69) is 10.4 Å². The summed E-state index contributed by atoms with van der Waals surface area (Å²) in [4.78, 5) is 40.7. The molecule has 2 saturated heterocycles. The maximum Gasteiger partial charge on any atom is 0.245 e.